The molecule has 0 saturated carbocycles. The van der Waals surface area contributed by atoms with E-state index in [1.54, 1.807) is 10.8 Å². The van der Waals surface area contributed by atoms with Gasteiger partial charge in [0.15, 0.2) is 5.43 Å². The third kappa shape index (κ3) is 3.12. The van der Waals surface area contributed by atoms with Gasteiger partial charge in [-0.1, -0.05) is 6.07 Å². The first-order chi connectivity index (χ1) is 9.47. The molecule has 0 radical (unpaired) electrons. The molecule has 1 amide bonds. The van der Waals surface area contributed by atoms with Gasteiger partial charge in [0.1, 0.15) is 12.4 Å². The summed E-state index contributed by atoms with van der Waals surface area (Å²) in [6, 6.07) is 6.75. The summed E-state index contributed by atoms with van der Waals surface area (Å²) in [5, 5.41) is 2.78. The second-order valence-corrected chi connectivity index (χ2v) is 4.78. The van der Waals surface area contributed by atoms with Crippen LogP contribution in [0.2, 0.25) is 0 Å². The number of hydrogen-bond donors (Lipinski definition) is 1. The number of aromatic nitrogens is 2. The molecule has 0 aliphatic rings. The molecule has 0 bridgehead atoms. The van der Waals surface area contributed by atoms with Gasteiger partial charge in [-0.25, -0.2) is 4.98 Å². The molecule has 20 heavy (non-hydrogen) atoms. The standard InChI is InChI=1S/C15H17N3O2/c1-10-5-4-6-16-15(10)17-14(20)9-18-11(2)7-13(19)8-12(18)3/h4-8H,9H2,1-3H3,(H,16,17,20). The molecule has 0 aliphatic carbocycles. The number of anilines is 1. The monoisotopic (exact) mass is 271 g/mol. The van der Waals surface area contributed by atoms with Crippen LogP contribution in [0.25, 0.3) is 0 Å². The van der Waals surface area contributed by atoms with E-state index in [9.17, 15) is 9.59 Å². The number of carbonyl (C=O) groups is 1. The molecule has 2 rings (SSSR count). The van der Waals surface area contributed by atoms with Crippen molar-refractivity contribution < 1.29 is 4.79 Å². The SMILES string of the molecule is Cc1cccnc1NC(=O)Cn1c(C)cc(=O)cc1C. The molecule has 0 spiro atoms. The number of nitrogens with one attached hydrogen (secondary N) is 1. The summed E-state index contributed by atoms with van der Waals surface area (Å²) in [6.45, 7) is 5.67. The summed E-state index contributed by atoms with van der Waals surface area (Å²) < 4.78 is 1.80. The lowest BCUT2D eigenvalue weighted by atomic mass is 10.2. The molecule has 0 unspecified atom stereocenters. The van der Waals surface area contributed by atoms with Crippen LogP contribution < -0.4 is 10.7 Å². The maximum atomic E-state index is 12.1. The van der Waals surface area contributed by atoms with E-state index in [4.69, 9.17) is 0 Å². The summed E-state index contributed by atoms with van der Waals surface area (Å²) in [5.74, 6) is 0.399. The van der Waals surface area contributed by atoms with E-state index in [1.165, 1.54) is 12.1 Å². The van der Waals surface area contributed by atoms with E-state index in [2.05, 4.69) is 10.3 Å². The van der Waals surface area contributed by atoms with Crippen molar-refractivity contribution in [3.8, 4) is 0 Å². The Labute approximate surface area is 117 Å². The van der Waals surface area contributed by atoms with E-state index >= 15 is 0 Å². The molecule has 104 valence electrons. The van der Waals surface area contributed by atoms with Crippen molar-refractivity contribution in [3.05, 3.63) is 57.6 Å². The minimum absolute atomic E-state index is 0.0442. The highest BCUT2D eigenvalue weighted by atomic mass is 16.2. The number of aryl methyl sites for hydroxylation is 3. The molecule has 2 aromatic heterocycles. The van der Waals surface area contributed by atoms with E-state index < -0.39 is 0 Å². The van der Waals surface area contributed by atoms with Crippen molar-refractivity contribution >= 4 is 11.7 Å². The third-order valence-corrected chi connectivity index (χ3v) is 3.12. The van der Waals surface area contributed by atoms with Crippen LogP contribution >= 0.6 is 0 Å². The molecule has 0 fully saturated rings. The number of hydrogen-bond acceptors (Lipinski definition) is 3. The molecule has 0 atom stereocenters. The van der Waals surface area contributed by atoms with Gasteiger partial charge in [-0.3, -0.25) is 9.59 Å². The van der Waals surface area contributed by atoms with Crippen molar-refractivity contribution in [1.29, 1.82) is 0 Å². The van der Waals surface area contributed by atoms with Gasteiger partial charge in [0.25, 0.3) is 0 Å². The topological polar surface area (TPSA) is 64.0 Å². The predicted molar refractivity (Wildman–Crippen MR) is 77.8 cm³/mol. The van der Waals surface area contributed by atoms with E-state index in [1.807, 2.05) is 32.9 Å². The first-order valence-corrected chi connectivity index (χ1v) is 6.37. The van der Waals surface area contributed by atoms with Crippen LogP contribution in [0.15, 0.2) is 35.3 Å². The fourth-order valence-electron chi connectivity index (χ4n) is 2.07. The Morgan fingerprint density at radius 3 is 2.50 bits per heavy atom. The van der Waals surface area contributed by atoms with Gasteiger partial charge in [-0.05, 0) is 32.4 Å². The van der Waals surface area contributed by atoms with Crippen LogP contribution in [0.1, 0.15) is 17.0 Å². The smallest absolute Gasteiger partial charge is 0.245 e. The van der Waals surface area contributed by atoms with Crippen LogP contribution in [0, 0.1) is 20.8 Å². The first-order valence-electron chi connectivity index (χ1n) is 6.37. The fraction of sp³-hybridized carbons (Fsp3) is 0.267. The summed E-state index contributed by atoms with van der Waals surface area (Å²) in [4.78, 5) is 27.6. The van der Waals surface area contributed by atoms with Crippen molar-refractivity contribution in [2.75, 3.05) is 5.32 Å². The molecule has 2 aromatic rings. The van der Waals surface area contributed by atoms with Gasteiger partial charge in [-0.2, -0.15) is 0 Å². The van der Waals surface area contributed by atoms with Crippen LogP contribution in [0.3, 0.4) is 0 Å². The molecule has 0 aliphatic heterocycles. The summed E-state index contributed by atoms with van der Waals surface area (Å²) in [6.07, 6.45) is 1.64. The van der Waals surface area contributed by atoms with Crippen LogP contribution in [0.4, 0.5) is 5.82 Å². The zero-order valence-corrected chi connectivity index (χ0v) is 11.8. The molecular weight excluding hydrogens is 254 g/mol. The molecule has 5 heteroatoms. The number of pyridine rings is 2. The average molecular weight is 271 g/mol. The Morgan fingerprint density at radius 1 is 1.25 bits per heavy atom. The maximum absolute atomic E-state index is 12.1. The van der Waals surface area contributed by atoms with Crippen LogP contribution in [0.5, 0.6) is 0 Å². The highest BCUT2D eigenvalue weighted by Crippen LogP contribution is 2.09. The number of amides is 1. The predicted octanol–water partition coefficient (Wildman–Crippen LogP) is 1.81. The van der Waals surface area contributed by atoms with Gasteiger partial charge in [-0.15, -0.1) is 0 Å². The van der Waals surface area contributed by atoms with Crippen molar-refractivity contribution in [1.82, 2.24) is 9.55 Å². The van der Waals surface area contributed by atoms with E-state index in [0.29, 0.717) is 5.82 Å². The van der Waals surface area contributed by atoms with Gasteiger partial charge in [0.05, 0.1) is 0 Å². The highest BCUT2D eigenvalue weighted by Gasteiger charge is 2.09. The van der Waals surface area contributed by atoms with E-state index in [-0.39, 0.29) is 17.9 Å². The normalized spacial score (nSPS) is 10.3. The van der Waals surface area contributed by atoms with Gasteiger partial charge >= 0.3 is 0 Å². The Balaban J connectivity index is 2.17. The van der Waals surface area contributed by atoms with Gasteiger partial charge in [0, 0.05) is 29.7 Å². The van der Waals surface area contributed by atoms with Crippen molar-refractivity contribution in [2.45, 2.75) is 27.3 Å². The van der Waals surface area contributed by atoms with Gasteiger partial charge < -0.3 is 9.88 Å². The first kappa shape index (κ1) is 14.0. The second kappa shape index (κ2) is 5.69. The Bertz CT molecular complexity index is 678. The lowest BCUT2D eigenvalue weighted by molar-refractivity contribution is -0.116. The lowest BCUT2D eigenvalue weighted by Crippen LogP contribution is -2.23. The Hall–Kier alpha value is -2.43. The fourth-order valence-corrected chi connectivity index (χ4v) is 2.07. The average Bonchev–Trinajstić information content (AvgIpc) is 2.36. The molecule has 2 heterocycles. The minimum atomic E-state index is -0.165. The Morgan fingerprint density at radius 2 is 1.90 bits per heavy atom. The third-order valence-electron chi connectivity index (χ3n) is 3.12. The van der Waals surface area contributed by atoms with Crippen LogP contribution in [-0.4, -0.2) is 15.5 Å². The Kier molecular flexibility index (Phi) is 3.98. The van der Waals surface area contributed by atoms with Crippen molar-refractivity contribution in [2.24, 2.45) is 0 Å². The largest absolute Gasteiger partial charge is 0.340 e. The molecule has 0 aromatic carbocycles. The van der Waals surface area contributed by atoms with Crippen molar-refractivity contribution in [3.63, 3.8) is 0 Å². The van der Waals surface area contributed by atoms with Crippen LogP contribution in [-0.2, 0) is 11.3 Å². The lowest BCUT2D eigenvalue weighted by Gasteiger charge is -2.14. The number of nitrogens with zero attached hydrogens (tertiary/aromatic N) is 2. The number of rotatable bonds is 3. The molecule has 5 nitrogen and oxygen atoms in total. The molecular formula is C15H17N3O2. The highest BCUT2D eigenvalue weighted by molar-refractivity contribution is 5.90. The zero-order chi connectivity index (χ0) is 14.7. The minimum Gasteiger partial charge on any atom is -0.340 e. The second-order valence-electron chi connectivity index (χ2n) is 4.78. The van der Waals surface area contributed by atoms with E-state index in [0.717, 1.165) is 17.0 Å². The maximum Gasteiger partial charge on any atom is 0.245 e. The van der Waals surface area contributed by atoms with Gasteiger partial charge in [0.2, 0.25) is 5.91 Å². The number of carbonyl (C=O) groups excluding carboxylic acids is 1. The summed E-state index contributed by atoms with van der Waals surface area (Å²) in [7, 11) is 0. The summed E-state index contributed by atoms with van der Waals surface area (Å²) in [5.41, 5.74) is 2.40. The molecule has 0 saturated heterocycles. The zero-order valence-electron chi connectivity index (χ0n) is 11.8. The molecule has 1 N–H and O–H groups in total. The quantitative estimate of drug-likeness (QED) is 0.926. The summed E-state index contributed by atoms with van der Waals surface area (Å²) >= 11 is 0.